The fraction of sp³-hybridized carbons (Fsp3) is 0.125. The minimum atomic E-state index is -0.439. The molecule has 0 saturated carbocycles. The number of amides is 2. The molecule has 0 spiro atoms. The van der Waals surface area contributed by atoms with Gasteiger partial charge in [0.25, 0.3) is 5.91 Å². The Bertz CT molecular complexity index is 733. The number of ether oxygens (including phenoxy) is 1. The van der Waals surface area contributed by atoms with Crippen LogP contribution in [0.3, 0.4) is 0 Å². The molecule has 6 heteroatoms. The van der Waals surface area contributed by atoms with E-state index in [-0.39, 0.29) is 19.1 Å². The molecule has 1 N–H and O–H groups in total. The van der Waals surface area contributed by atoms with Gasteiger partial charge in [0.1, 0.15) is 18.1 Å². The van der Waals surface area contributed by atoms with Crippen LogP contribution in [0, 0.1) is 5.82 Å². The predicted molar refractivity (Wildman–Crippen MR) is 79.3 cm³/mol. The van der Waals surface area contributed by atoms with E-state index in [2.05, 4.69) is 5.32 Å². The van der Waals surface area contributed by atoms with Crippen molar-refractivity contribution in [2.45, 2.75) is 0 Å². The SMILES string of the molecule is O=C(CN1C(=O)COc2ccccc21)Nc1cccc(F)c1. The molecular weight excluding hydrogens is 287 g/mol. The third kappa shape index (κ3) is 2.90. The molecule has 2 amide bonds. The molecule has 1 aliphatic rings. The zero-order valence-electron chi connectivity index (χ0n) is 11.6. The van der Waals surface area contributed by atoms with Gasteiger partial charge in [-0.3, -0.25) is 14.5 Å². The lowest BCUT2D eigenvalue weighted by molar-refractivity contribution is -0.123. The standard InChI is InChI=1S/C16H13FN2O3/c17-11-4-3-5-12(8-11)18-15(20)9-19-13-6-1-2-7-14(13)22-10-16(19)21/h1-8H,9-10H2,(H,18,20). The average molecular weight is 300 g/mol. The first-order chi connectivity index (χ1) is 10.6. The van der Waals surface area contributed by atoms with Crippen LogP contribution in [0.1, 0.15) is 0 Å². The third-order valence-corrected chi connectivity index (χ3v) is 3.22. The molecule has 22 heavy (non-hydrogen) atoms. The van der Waals surface area contributed by atoms with Crippen LogP contribution in [-0.4, -0.2) is 25.0 Å². The van der Waals surface area contributed by atoms with Gasteiger partial charge in [0.05, 0.1) is 5.69 Å². The van der Waals surface area contributed by atoms with E-state index in [0.717, 1.165) is 0 Å². The molecule has 0 aliphatic carbocycles. The number of rotatable bonds is 3. The number of benzene rings is 2. The number of nitrogens with zero attached hydrogens (tertiary/aromatic N) is 1. The predicted octanol–water partition coefficient (Wildman–Crippen LogP) is 2.19. The summed E-state index contributed by atoms with van der Waals surface area (Å²) < 4.78 is 18.4. The lowest BCUT2D eigenvalue weighted by atomic mass is 10.2. The Morgan fingerprint density at radius 2 is 2.05 bits per heavy atom. The van der Waals surface area contributed by atoms with Crippen molar-refractivity contribution in [3.8, 4) is 5.75 Å². The largest absolute Gasteiger partial charge is 0.482 e. The van der Waals surface area contributed by atoms with Crippen LogP contribution in [0.15, 0.2) is 48.5 Å². The first kappa shape index (κ1) is 14.1. The highest BCUT2D eigenvalue weighted by atomic mass is 19.1. The molecule has 0 atom stereocenters. The van der Waals surface area contributed by atoms with Crippen molar-refractivity contribution in [1.82, 2.24) is 0 Å². The van der Waals surface area contributed by atoms with Gasteiger partial charge in [0, 0.05) is 5.69 Å². The van der Waals surface area contributed by atoms with Crippen molar-refractivity contribution in [3.63, 3.8) is 0 Å². The summed E-state index contributed by atoms with van der Waals surface area (Å²) in [5, 5.41) is 2.57. The van der Waals surface area contributed by atoms with Crippen molar-refractivity contribution >= 4 is 23.2 Å². The zero-order valence-corrected chi connectivity index (χ0v) is 11.6. The summed E-state index contributed by atoms with van der Waals surface area (Å²) in [5.74, 6) is -0.588. The van der Waals surface area contributed by atoms with Gasteiger partial charge in [-0.05, 0) is 30.3 Å². The van der Waals surface area contributed by atoms with Crippen LogP contribution in [0.4, 0.5) is 15.8 Å². The molecule has 0 aromatic heterocycles. The molecule has 0 unspecified atom stereocenters. The minimum Gasteiger partial charge on any atom is -0.482 e. The van der Waals surface area contributed by atoms with Gasteiger partial charge in [-0.1, -0.05) is 18.2 Å². The maximum atomic E-state index is 13.1. The molecule has 0 bridgehead atoms. The summed E-state index contributed by atoms with van der Waals surface area (Å²) in [6.45, 7) is -0.264. The van der Waals surface area contributed by atoms with Crippen LogP contribution in [0.25, 0.3) is 0 Å². The lowest BCUT2D eigenvalue weighted by Crippen LogP contribution is -2.43. The van der Waals surface area contributed by atoms with Crippen molar-refractivity contribution in [1.29, 1.82) is 0 Å². The number of carbonyl (C=O) groups is 2. The van der Waals surface area contributed by atoms with Crippen LogP contribution in [0.2, 0.25) is 0 Å². The monoisotopic (exact) mass is 300 g/mol. The van der Waals surface area contributed by atoms with Gasteiger partial charge in [-0.2, -0.15) is 0 Å². The van der Waals surface area contributed by atoms with Gasteiger partial charge in [0.2, 0.25) is 5.91 Å². The fourth-order valence-electron chi connectivity index (χ4n) is 2.24. The Hall–Kier alpha value is -2.89. The van der Waals surface area contributed by atoms with Gasteiger partial charge < -0.3 is 10.1 Å². The summed E-state index contributed by atoms with van der Waals surface area (Å²) in [5.41, 5.74) is 0.895. The Morgan fingerprint density at radius 3 is 2.86 bits per heavy atom. The summed E-state index contributed by atoms with van der Waals surface area (Å²) >= 11 is 0. The summed E-state index contributed by atoms with van der Waals surface area (Å²) in [7, 11) is 0. The average Bonchev–Trinajstić information content (AvgIpc) is 2.50. The van der Waals surface area contributed by atoms with E-state index < -0.39 is 11.7 Å². The van der Waals surface area contributed by atoms with Gasteiger partial charge in [0.15, 0.2) is 6.61 Å². The van der Waals surface area contributed by atoms with Crippen LogP contribution < -0.4 is 15.0 Å². The molecular formula is C16H13FN2O3. The quantitative estimate of drug-likeness (QED) is 0.945. The van der Waals surface area contributed by atoms with Crippen molar-refractivity contribution < 1.29 is 18.7 Å². The molecule has 3 rings (SSSR count). The summed E-state index contributed by atoms with van der Waals surface area (Å²) in [6.07, 6.45) is 0. The van der Waals surface area contributed by atoms with E-state index in [0.29, 0.717) is 17.1 Å². The molecule has 2 aromatic carbocycles. The number of fused-ring (bicyclic) bond motifs is 1. The third-order valence-electron chi connectivity index (χ3n) is 3.22. The minimum absolute atomic E-state index is 0.107. The zero-order chi connectivity index (χ0) is 15.5. The van der Waals surface area contributed by atoms with E-state index in [9.17, 15) is 14.0 Å². The summed E-state index contributed by atoms with van der Waals surface area (Å²) in [4.78, 5) is 25.4. The number of carbonyl (C=O) groups excluding carboxylic acids is 2. The highest BCUT2D eigenvalue weighted by Crippen LogP contribution is 2.31. The number of para-hydroxylation sites is 2. The Labute approximate surface area is 126 Å². The lowest BCUT2D eigenvalue weighted by Gasteiger charge is -2.28. The van der Waals surface area contributed by atoms with E-state index >= 15 is 0 Å². The Kier molecular flexibility index (Phi) is 3.74. The van der Waals surface area contributed by atoms with Gasteiger partial charge in [-0.15, -0.1) is 0 Å². The fourth-order valence-corrected chi connectivity index (χ4v) is 2.24. The molecule has 1 aliphatic heterocycles. The van der Waals surface area contributed by atoms with E-state index in [4.69, 9.17) is 4.74 Å². The first-order valence-corrected chi connectivity index (χ1v) is 6.71. The molecule has 5 nitrogen and oxygen atoms in total. The maximum absolute atomic E-state index is 13.1. The topological polar surface area (TPSA) is 58.6 Å². The number of hydrogen-bond donors (Lipinski definition) is 1. The Balaban J connectivity index is 1.75. The second-order valence-electron chi connectivity index (χ2n) is 4.79. The van der Waals surface area contributed by atoms with Crippen molar-refractivity contribution in [3.05, 3.63) is 54.3 Å². The van der Waals surface area contributed by atoms with Crippen LogP contribution in [-0.2, 0) is 9.59 Å². The highest BCUT2D eigenvalue weighted by Gasteiger charge is 2.26. The van der Waals surface area contributed by atoms with Crippen molar-refractivity contribution in [2.24, 2.45) is 0 Å². The van der Waals surface area contributed by atoms with Crippen molar-refractivity contribution in [2.75, 3.05) is 23.4 Å². The van der Waals surface area contributed by atoms with Crippen LogP contribution in [0.5, 0.6) is 5.75 Å². The summed E-state index contributed by atoms with van der Waals surface area (Å²) in [6, 6.07) is 12.6. The van der Waals surface area contributed by atoms with Crippen LogP contribution >= 0.6 is 0 Å². The van der Waals surface area contributed by atoms with E-state index in [1.165, 1.54) is 23.1 Å². The number of hydrogen-bond acceptors (Lipinski definition) is 3. The second kappa shape index (κ2) is 5.85. The number of anilines is 2. The molecule has 112 valence electrons. The molecule has 1 heterocycles. The number of halogens is 1. The Morgan fingerprint density at radius 1 is 1.23 bits per heavy atom. The van der Waals surface area contributed by atoms with Gasteiger partial charge in [-0.25, -0.2) is 4.39 Å². The second-order valence-corrected chi connectivity index (χ2v) is 4.79. The number of nitrogens with one attached hydrogen (secondary N) is 1. The molecule has 0 radical (unpaired) electrons. The first-order valence-electron chi connectivity index (χ1n) is 6.71. The molecule has 2 aromatic rings. The maximum Gasteiger partial charge on any atom is 0.265 e. The van der Waals surface area contributed by atoms with E-state index in [1.807, 2.05) is 0 Å². The molecule has 0 saturated heterocycles. The smallest absolute Gasteiger partial charge is 0.265 e. The highest BCUT2D eigenvalue weighted by molar-refractivity contribution is 6.04. The molecule has 0 fully saturated rings. The van der Waals surface area contributed by atoms with E-state index in [1.54, 1.807) is 30.3 Å². The normalized spacial score (nSPS) is 13.3. The van der Waals surface area contributed by atoms with Gasteiger partial charge >= 0.3 is 0 Å².